The van der Waals surface area contributed by atoms with E-state index in [9.17, 15) is 0 Å². The van der Waals surface area contributed by atoms with Crippen molar-refractivity contribution in [2.45, 2.75) is 27.7 Å². The normalized spacial score (nSPS) is 10.4. The van der Waals surface area contributed by atoms with E-state index in [1.54, 1.807) is 25.5 Å². The summed E-state index contributed by atoms with van der Waals surface area (Å²) in [6.07, 6.45) is 11.4. The predicted molar refractivity (Wildman–Crippen MR) is 131 cm³/mol. The second-order valence-electron chi connectivity index (χ2n) is 6.63. The van der Waals surface area contributed by atoms with Gasteiger partial charge < -0.3 is 14.9 Å². The minimum absolute atomic E-state index is 0. The summed E-state index contributed by atoms with van der Waals surface area (Å²) in [7, 11) is 1.75. The van der Waals surface area contributed by atoms with E-state index in [1.807, 2.05) is 30.0 Å². The summed E-state index contributed by atoms with van der Waals surface area (Å²) in [4.78, 5) is 9.90. The smallest absolute Gasteiger partial charge is 0.364 e. The van der Waals surface area contributed by atoms with Crippen molar-refractivity contribution in [3.05, 3.63) is 115 Å². The number of allylic oxidation sites excluding steroid dienone is 4. The Morgan fingerprint density at radius 2 is 1.71 bits per heavy atom. The quantitative estimate of drug-likeness (QED) is 0.206. The Labute approximate surface area is 202 Å². The third kappa shape index (κ3) is 8.11. The van der Waals surface area contributed by atoms with Crippen molar-refractivity contribution in [3.8, 4) is 0 Å². The van der Waals surface area contributed by atoms with Gasteiger partial charge in [-0.3, -0.25) is 0 Å². The van der Waals surface area contributed by atoms with Gasteiger partial charge in [0.25, 0.3) is 0 Å². The maximum Gasteiger partial charge on any atom is 2.00 e. The Hall–Kier alpha value is -2.77. The monoisotopic (exact) mass is 592 g/mol. The van der Waals surface area contributed by atoms with Crippen molar-refractivity contribution < 1.29 is 21.1 Å². The van der Waals surface area contributed by atoms with E-state index in [-0.39, 0.29) is 21.1 Å². The minimum atomic E-state index is 0. The first-order valence-corrected chi connectivity index (χ1v) is 9.64. The van der Waals surface area contributed by atoms with Gasteiger partial charge in [-0.2, -0.15) is 13.2 Å². The number of hydrogen-bond acceptors (Lipinski definition) is 3. The number of hydrogen-bond donors (Lipinski definition) is 0. The van der Waals surface area contributed by atoms with E-state index in [0.717, 1.165) is 28.2 Å². The van der Waals surface area contributed by atoms with Crippen LogP contribution in [0.5, 0.6) is 0 Å². The maximum absolute atomic E-state index is 4.33. The molecule has 1 aromatic carbocycles. The van der Waals surface area contributed by atoms with Crippen LogP contribution in [0.15, 0.2) is 85.3 Å². The molecule has 0 aliphatic heterocycles. The van der Waals surface area contributed by atoms with Crippen LogP contribution in [0.25, 0.3) is 5.57 Å². The van der Waals surface area contributed by atoms with Crippen molar-refractivity contribution >= 4 is 17.5 Å². The molecule has 0 amide bonds. The van der Waals surface area contributed by atoms with Crippen molar-refractivity contribution in [3.63, 3.8) is 0 Å². The molecule has 31 heavy (non-hydrogen) atoms. The molecule has 0 aliphatic carbocycles. The van der Waals surface area contributed by atoms with Crippen molar-refractivity contribution in [2.24, 2.45) is 4.99 Å². The van der Waals surface area contributed by atoms with Gasteiger partial charge in [-0.15, -0.1) is 30.0 Å². The van der Waals surface area contributed by atoms with E-state index in [1.165, 1.54) is 5.56 Å². The van der Waals surface area contributed by atoms with E-state index in [2.05, 4.69) is 81.3 Å². The van der Waals surface area contributed by atoms with Crippen LogP contribution in [0.4, 0.5) is 5.69 Å². The third-order valence-electron chi connectivity index (χ3n) is 4.28. The molecule has 164 valence electrons. The molecule has 0 N–H and O–H groups in total. The number of rotatable bonds is 7. The van der Waals surface area contributed by atoms with Crippen molar-refractivity contribution in [2.75, 3.05) is 11.9 Å². The molecule has 0 saturated heterocycles. The first-order valence-electron chi connectivity index (χ1n) is 9.64. The van der Waals surface area contributed by atoms with E-state index < -0.39 is 0 Å². The van der Waals surface area contributed by atoms with Gasteiger partial charge in [0.1, 0.15) is 0 Å². The molecule has 0 bridgehead atoms. The summed E-state index contributed by atoms with van der Waals surface area (Å²) in [5, 5.41) is 0. The molecule has 0 atom stereocenters. The molecule has 0 saturated carbocycles. The summed E-state index contributed by atoms with van der Waals surface area (Å²) in [6.45, 7) is 24.0. The van der Waals surface area contributed by atoms with E-state index in [4.69, 9.17) is 0 Å². The van der Waals surface area contributed by atoms with E-state index in [0.29, 0.717) is 11.3 Å². The molecule has 0 aliphatic rings. The number of aliphatic imine (C=N–C) groups is 1. The van der Waals surface area contributed by atoms with Gasteiger partial charge in [0, 0.05) is 18.9 Å². The molecule has 4 heteroatoms. The number of aryl methyl sites for hydroxylation is 3. The Kier molecular flexibility index (Phi) is 13.0. The fourth-order valence-corrected chi connectivity index (χ4v) is 2.96. The topological polar surface area (TPSA) is 28.5 Å². The van der Waals surface area contributed by atoms with Crippen LogP contribution in [0.3, 0.4) is 0 Å². The molecule has 1 aromatic heterocycles. The van der Waals surface area contributed by atoms with Crippen LogP contribution in [0.2, 0.25) is 0 Å². The van der Waals surface area contributed by atoms with Gasteiger partial charge in [-0.1, -0.05) is 29.8 Å². The number of anilines is 1. The summed E-state index contributed by atoms with van der Waals surface area (Å²) in [5.41, 5.74) is 7.26. The van der Waals surface area contributed by atoms with Crippen LogP contribution in [0, 0.1) is 32.9 Å². The average Bonchev–Trinajstić information content (AvgIpc) is 2.74. The predicted octanol–water partition coefficient (Wildman–Crippen LogP) is 6.61. The Morgan fingerprint density at radius 1 is 1.13 bits per heavy atom. The molecule has 2 rings (SSSR count). The molecular formula is C27H31N3Pt. The Morgan fingerprint density at radius 3 is 2.13 bits per heavy atom. The number of benzene rings is 1. The molecule has 3 nitrogen and oxygen atoms in total. The fourth-order valence-electron chi connectivity index (χ4n) is 2.96. The van der Waals surface area contributed by atoms with Crippen LogP contribution in [-0.2, 0) is 21.1 Å². The number of nitrogens with zero attached hydrogens (tertiary/aromatic N) is 3. The van der Waals surface area contributed by atoms with Gasteiger partial charge in [0.15, 0.2) is 0 Å². The fraction of sp³-hybridized carbons (Fsp3) is 0.185. The molecule has 2 aromatic rings. The Bertz CT molecular complexity index is 942. The van der Waals surface area contributed by atoms with E-state index >= 15 is 0 Å². The largest absolute Gasteiger partial charge is 2.00 e. The molecule has 0 spiro atoms. The van der Waals surface area contributed by atoms with Crippen molar-refractivity contribution in [1.82, 2.24) is 4.98 Å². The number of pyridine rings is 1. The molecular weight excluding hydrogens is 561 g/mol. The van der Waals surface area contributed by atoms with Crippen LogP contribution < -0.4 is 4.90 Å². The summed E-state index contributed by atoms with van der Waals surface area (Å²) in [6, 6.07) is 9.97. The second kappa shape index (κ2) is 14.3. The number of aromatic nitrogens is 1. The molecule has 0 unspecified atom stereocenters. The minimum Gasteiger partial charge on any atom is -0.364 e. The summed E-state index contributed by atoms with van der Waals surface area (Å²) >= 11 is 0. The van der Waals surface area contributed by atoms with Gasteiger partial charge in [-0.05, 0) is 62.5 Å². The zero-order valence-electron chi connectivity index (χ0n) is 19.1. The Balaban J connectivity index is 0.00000165. The van der Waals surface area contributed by atoms with Crippen LogP contribution in [0.1, 0.15) is 29.3 Å². The first-order chi connectivity index (χ1) is 14.3. The van der Waals surface area contributed by atoms with Gasteiger partial charge in [0.05, 0.1) is 0 Å². The average molecular weight is 593 g/mol. The maximum atomic E-state index is 4.33. The molecule has 1 heterocycles. The zero-order chi connectivity index (χ0) is 22.7. The van der Waals surface area contributed by atoms with Crippen LogP contribution in [-0.4, -0.2) is 18.2 Å². The van der Waals surface area contributed by atoms with Crippen molar-refractivity contribution in [1.29, 1.82) is 0 Å². The summed E-state index contributed by atoms with van der Waals surface area (Å²) in [5.74, 6) is 0. The third-order valence-corrected chi connectivity index (χ3v) is 4.28. The standard InChI is InChI=1S/C24H24N2.C3H7N.Pt/c1-8-21(7)26(24-19(5)14-17(3)15-20(24)6)22(9-2)16-18(4)23-12-10-11-13-25-23;1-3-4-2;/h9-15H,1-2,4,7H2,3,5-6H3;3H,1-2H3;/q-2;;+2. The summed E-state index contributed by atoms with van der Waals surface area (Å²) < 4.78 is 0. The second-order valence-corrected chi connectivity index (χ2v) is 6.63. The SMILES string of the molecule is C=[C-]C(=C)N(C(=[C-]C(=C)c1ccccn1)C=C)c1c(C)cc(C)cc1C.CC=NC.[Pt+2]. The first kappa shape index (κ1) is 28.2. The van der Waals surface area contributed by atoms with Crippen LogP contribution >= 0.6 is 0 Å². The van der Waals surface area contributed by atoms with Gasteiger partial charge >= 0.3 is 21.1 Å². The zero-order valence-corrected chi connectivity index (χ0v) is 21.4. The van der Waals surface area contributed by atoms with Gasteiger partial charge in [0.2, 0.25) is 0 Å². The molecule has 0 fully saturated rings. The molecule has 0 radical (unpaired) electrons. The van der Waals surface area contributed by atoms with Gasteiger partial charge in [-0.25, -0.2) is 12.7 Å².